The molecule has 2 rings (SSSR count). The second kappa shape index (κ2) is 4.26. The van der Waals surface area contributed by atoms with Crippen molar-refractivity contribution in [3.05, 3.63) is 0 Å². The molecule has 1 heterocycles. The van der Waals surface area contributed by atoms with Crippen molar-refractivity contribution in [1.29, 1.82) is 0 Å². The number of carbonyl (C=O) groups is 3. The molecule has 3 atom stereocenters. The molecule has 2 fully saturated rings. The number of carbonyl (C=O) groups excluding carboxylic acids is 2. The van der Waals surface area contributed by atoms with Gasteiger partial charge in [0.2, 0.25) is 11.8 Å². The van der Waals surface area contributed by atoms with E-state index < -0.39 is 17.3 Å². The molecular formula is C12H18N2O4. The zero-order valence-corrected chi connectivity index (χ0v) is 10.6. The summed E-state index contributed by atoms with van der Waals surface area (Å²) in [7, 11) is 1.58. The average molecular weight is 254 g/mol. The summed E-state index contributed by atoms with van der Waals surface area (Å²) in [5.74, 6) is -1.99. The number of aliphatic carboxylic acids is 1. The van der Waals surface area contributed by atoms with E-state index in [2.05, 4.69) is 5.32 Å². The second-order valence-electron chi connectivity index (χ2n) is 5.44. The van der Waals surface area contributed by atoms with Crippen LogP contribution in [0, 0.1) is 17.3 Å². The summed E-state index contributed by atoms with van der Waals surface area (Å²) >= 11 is 0. The van der Waals surface area contributed by atoms with Gasteiger partial charge in [-0.1, -0.05) is 0 Å². The van der Waals surface area contributed by atoms with Crippen LogP contribution in [-0.4, -0.2) is 47.9 Å². The minimum absolute atomic E-state index is 0.0663. The Morgan fingerprint density at radius 2 is 2.00 bits per heavy atom. The molecule has 100 valence electrons. The Morgan fingerprint density at radius 1 is 1.33 bits per heavy atom. The summed E-state index contributed by atoms with van der Waals surface area (Å²) in [5, 5.41) is 11.4. The molecule has 18 heavy (non-hydrogen) atoms. The van der Waals surface area contributed by atoms with Gasteiger partial charge in [-0.15, -0.1) is 0 Å². The second-order valence-corrected chi connectivity index (χ2v) is 5.44. The van der Waals surface area contributed by atoms with Gasteiger partial charge in [-0.25, -0.2) is 0 Å². The van der Waals surface area contributed by atoms with Crippen LogP contribution in [-0.2, 0) is 14.4 Å². The van der Waals surface area contributed by atoms with Gasteiger partial charge in [-0.2, -0.15) is 0 Å². The fraction of sp³-hybridized carbons (Fsp3) is 0.750. The van der Waals surface area contributed by atoms with Crippen LogP contribution in [0.3, 0.4) is 0 Å². The summed E-state index contributed by atoms with van der Waals surface area (Å²) in [6.45, 7) is 2.75. The van der Waals surface area contributed by atoms with Crippen LogP contribution < -0.4 is 5.32 Å². The third-order valence-electron chi connectivity index (χ3n) is 3.99. The van der Waals surface area contributed by atoms with E-state index >= 15 is 0 Å². The summed E-state index contributed by atoms with van der Waals surface area (Å²) in [6.07, 6.45) is 1.06. The van der Waals surface area contributed by atoms with Crippen molar-refractivity contribution >= 4 is 17.8 Å². The normalized spacial score (nSPS) is 34.2. The Hall–Kier alpha value is -1.59. The quantitative estimate of drug-likeness (QED) is 0.723. The van der Waals surface area contributed by atoms with E-state index in [1.54, 1.807) is 11.9 Å². The van der Waals surface area contributed by atoms with Crippen molar-refractivity contribution in [1.82, 2.24) is 10.2 Å². The Balaban J connectivity index is 1.96. The summed E-state index contributed by atoms with van der Waals surface area (Å²) < 4.78 is 0. The maximum absolute atomic E-state index is 12.1. The van der Waals surface area contributed by atoms with E-state index in [-0.39, 0.29) is 17.7 Å². The lowest BCUT2D eigenvalue weighted by atomic mass is 9.89. The van der Waals surface area contributed by atoms with Crippen molar-refractivity contribution in [3.63, 3.8) is 0 Å². The van der Waals surface area contributed by atoms with Gasteiger partial charge in [0.1, 0.15) is 0 Å². The largest absolute Gasteiger partial charge is 0.481 e. The maximum Gasteiger partial charge on any atom is 0.307 e. The van der Waals surface area contributed by atoms with Gasteiger partial charge in [-0.05, 0) is 19.8 Å². The molecule has 2 N–H and O–H groups in total. The molecule has 0 radical (unpaired) electrons. The van der Waals surface area contributed by atoms with Crippen LogP contribution in [0.1, 0.15) is 19.8 Å². The number of carboxylic acids is 1. The number of rotatable bonds is 3. The smallest absolute Gasteiger partial charge is 0.307 e. The predicted molar refractivity (Wildman–Crippen MR) is 62.6 cm³/mol. The monoisotopic (exact) mass is 254 g/mol. The fourth-order valence-corrected chi connectivity index (χ4v) is 2.61. The first-order chi connectivity index (χ1) is 8.39. The number of carboxylic acid groups (broad SMARTS) is 1. The number of hydrogen-bond donors (Lipinski definition) is 2. The molecule has 0 bridgehead atoms. The van der Waals surface area contributed by atoms with Gasteiger partial charge in [0, 0.05) is 20.1 Å². The molecular weight excluding hydrogens is 236 g/mol. The predicted octanol–water partition coefficient (Wildman–Crippen LogP) is -0.308. The van der Waals surface area contributed by atoms with Gasteiger partial charge in [0.25, 0.3) is 0 Å². The Morgan fingerprint density at radius 3 is 2.50 bits per heavy atom. The van der Waals surface area contributed by atoms with E-state index in [0.29, 0.717) is 25.9 Å². The molecule has 0 aromatic heterocycles. The lowest BCUT2D eigenvalue weighted by molar-refractivity contribution is -0.142. The molecule has 1 saturated carbocycles. The lowest BCUT2D eigenvalue weighted by Crippen LogP contribution is -2.40. The first-order valence-electron chi connectivity index (χ1n) is 6.13. The maximum atomic E-state index is 12.1. The van der Waals surface area contributed by atoms with Crippen LogP contribution >= 0.6 is 0 Å². The molecule has 1 aliphatic heterocycles. The highest BCUT2D eigenvalue weighted by Crippen LogP contribution is 2.42. The first kappa shape index (κ1) is 12.9. The van der Waals surface area contributed by atoms with Gasteiger partial charge in [-0.3, -0.25) is 14.4 Å². The summed E-state index contributed by atoms with van der Waals surface area (Å²) in [4.78, 5) is 36.1. The van der Waals surface area contributed by atoms with Crippen molar-refractivity contribution in [2.45, 2.75) is 19.8 Å². The Labute approximate surface area is 105 Å². The van der Waals surface area contributed by atoms with Crippen molar-refractivity contribution in [2.75, 3.05) is 20.1 Å². The van der Waals surface area contributed by atoms with Crippen LogP contribution in [0.2, 0.25) is 0 Å². The van der Waals surface area contributed by atoms with E-state index in [0.717, 1.165) is 0 Å². The molecule has 1 saturated heterocycles. The third-order valence-corrected chi connectivity index (χ3v) is 3.99. The van der Waals surface area contributed by atoms with Gasteiger partial charge in [0.05, 0.1) is 17.3 Å². The third kappa shape index (κ3) is 2.07. The zero-order chi connectivity index (χ0) is 13.5. The zero-order valence-electron chi connectivity index (χ0n) is 10.6. The molecule has 2 amide bonds. The van der Waals surface area contributed by atoms with Crippen molar-refractivity contribution in [3.8, 4) is 0 Å². The van der Waals surface area contributed by atoms with E-state index in [1.165, 1.54) is 0 Å². The Bertz CT molecular complexity index is 409. The first-order valence-corrected chi connectivity index (χ1v) is 6.13. The van der Waals surface area contributed by atoms with Crippen LogP contribution in [0.15, 0.2) is 0 Å². The summed E-state index contributed by atoms with van der Waals surface area (Å²) in [5.41, 5.74) is -0.544. The average Bonchev–Trinajstić information content (AvgIpc) is 3.04. The SMILES string of the molecule is CNC(=O)C1(C)CCN(C(=O)[C@@H]2C[C@@H]2C(=O)O)C1. The topological polar surface area (TPSA) is 86.7 Å². The number of nitrogens with one attached hydrogen (secondary N) is 1. The Kier molecular flexibility index (Phi) is 3.04. The number of nitrogens with zero attached hydrogens (tertiary/aromatic N) is 1. The minimum atomic E-state index is -0.901. The highest BCUT2D eigenvalue weighted by Gasteiger charge is 2.52. The molecule has 0 aromatic carbocycles. The van der Waals surface area contributed by atoms with E-state index in [4.69, 9.17) is 5.11 Å². The molecule has 2 aliphatic rings. The van der Waals surface area contributed by atoms with E-state index in [1.807, 2.05) is 6.92 Å². The number of likely N-dealkylation sites (tertiary alicyclic amines) is 1. The molecule has 6 nitrogen and oxygen atoms in total. The van der Waals surface area contributed by atoms with Gasteiger partial charge < -0.3 is 15.3 Å². The van der Waals surface area contributed by atoms with Crippen LogP contribution in [0.4, 0.5) is 0 Å². The van der Waals surface area contributed by atoms with Crippen molar-refractivity contribution < 1.29 is 19.5 Å². The minimum Gasteiger partial charge on any atom is -0.481 e. The number of amides is 2. The fourth-order valence-electron chi connectivity index (χ4n) is 2.61. The van der Waals surface area contributed by atoms with Gasteiger partial charge >= 0.3 is 5.97 Å². The summed E-state index contributed by atoms with van der Waals surface area (Å²) in [6, 6.07) is 0. The van der Waals surface area contributed by atoms with Crippen molar-refractivity contribution in [2.24, 2.45) is 17.3 Å². The highest BCUT2D eigenvalue weighted by molar-refractivity contribution is 5.91. The molecule has 0 aromatic rings. The molecule has 1 unspecified atom stereocenters. The standard InChI is InChI=1S/C12H18N2O4/c1-12(11(18)13-2)3-4-14(6-12)9(15)7-5-8(7)10(16)17/h7-8H,3-6H2,1-2H3,(H,13,18)(H,16,17)/t7-,8+,12?/m1/s1. The molecule has 6 heteroatoms. The molecule has 1 aliphatic carbocycles. The van der Waals surface area contributed by atoms with Crippen LogP contribution in [0.5, 0.6) is 0 Å². The molecule has 0 spiro atoms. The van der Waals surface area contributed by atoms with Gasteiger partial charge in [0.15, 0.2) is 0 Å². The highest BCUT2D eigenvalue weighted by atomic mass is 16.4. The lowest BCUT2D eigenvalue weighted by Gasteiger charge is -2.22. The van der Waals surface area contributed by atoms with E-state index in [9.17, 15) is 14.4 Å². The van der Waals surface area contributed by atoms with Crippen LogP contribution in [0.25, 0.3) is 0 Å². The number of hydrogen-bond acceptors (Lipinski definition) is 3.